The lowest BCUT2D eigenvalue weighted by molar-refractivity contribution is 0.0123. The monoisotopic (exact) mass is 239 g/mol. The fourth-order valence-electron chi connectivity index (χ4n) is 1.46. The molecule has 2 rings (SSSR count). The first-order chi connectivity index (χ1) is 7.57. The van der Waals surface area contributed by atoms with Crippen molar-refractivity contribution in [2.24, 2.45) is 5.16 Å². The highest BCUT2D eigenvalue weighted by atomic mass is 32.2. The van der Waals surface area contributed by atoms with Crippen molar-refractivity contribution in [3.63, 3.8) is 0 Å². The van der Waals surface area contributed by atoms with Gasteiger partial charge in [0.25, 0.3) is 0 Å². The first-order valence-electron chi connectivity index (χ1n) is 5.18. The first-order valence-corrected chi connectivity index (χ1v) is 6.17. The van der Waals surface area contributed by atoms with E-state index in [2.05, 4.69) is 5.16 Å². The Kier molecular flexibility index (Phi) is 3.19. The predicted molar refractivity (Wildman–Crippen MR) is 64.9 cm³/mol. The minimum atomic E-state index is -0.211. The van der Waals surface area contributed by atoms with Gasteiger partial charge >= 0.3 is 0 Å². The summed E-state index contributed by atoms with van der Waals surface area (Å²) in [6, 6.07) is 6.81. The Morgan fingerprint density at radius 3 is 2.81 bits per heavy atom. The summed E-state index contributed by atoms with van der Waals surface area (Å²) >= 11 is 1.54. The van der Waals surface area contributed by atoms with E-state index in [0.29, 0.717) is 11.3 Å². The fraction of sp³-hybridized carbons (Fsp3) is 0.417. The van der Waals surface area contributed by atoms with Crippen LogP contribution in [0.4, 0.5) is 4.39 Å². The molecule has 1 aliphatic heterocycles. The van der Waals surface area contributed by atoms with Crippen LogP contribution in [0.5, 0.6) is 0 Å². The van der Waals surface area contributed by atoms with Crippen molar-refractivity contribution in [3.8, 4) is 0 Å². The fourth-order valence-corrected chi connectivity index (χ4v) is 2.55. The maximum Gasteiger partial charge on any atom is 0.138 e. The zero-order valence-electron chi connectivity index (χ0n) is 9.37. The summed E-state index contributed by atoms with van der Waals surface area (Å²) in [6.07, 6.45) is 0.798. The number of nitrogens with zero attached hydrogens (tertiary/aromatic N) is 1. The topological polar surface area (TPSA) is 21.6 Å². The molecule has 0 saturated heterocycles. The van der Waals surface area contributed by atoms with Crippen molar-refractivity contribution >= 4 is 16.8 Å². The number of hydrogen-bond donors (Lipinski definition) is 0. The van der Waals surface area contributed by atoms with E-state index in [9.17, 15) is 4.39 Å². The summed E-state index contributed by atoms with van der Waals surface area (Å²) in [5.74, 6) is 0.444. The van der Waals surface area contributed by atoms with Crippen LogP contribution in [0.1, 0.15) is 25.8 Å². The highest BCUT2D eigenvalue weighted by molar-refractivity contribution is 8.13. The zero-order chi connectivity index (χ0) is 11.6. The maximum atomic E-state index is 13.3. The molecule has 0 saturated carbocycles. The van der Waals surface area contributed by atoms with E-state index >= 15 is 0 Å². The summed E-state index contributed by atoms with van der Waals surface area (Å²) in [5, 5.41) is 4.93. The van der Waals surface area contributed by atoms with Gasteiger partial charge in [-0.05, 0) is 25.5 Å². The lowest BCUT2D eigenvalue weighted by atomic mass is 10.1. The molecule has 0 atom stereocenters. The van der Waals surface area contributed by atoms with Crippen molar-refractivity contribution in [1.29, 1.82) is 0 Å². The molecule has 0 unspecified atom stereocenters. The third-order valence-corrected chi connectivity index (χ3v) is 3.33. The second-order valence-electron chi connectivity index (χ2n) is 4.39. The Morgan fingerprint density at radius 2 is 2.19 bits per heavy atom. The van der Waals surface area contributed by atoms with Gasteiger partial charge in [0.2, 0.25) is 0 Å². The molecule has 1 heterocycles. The molecule has 0 radical (unpaired) electrons. The van der Waals surface area contributed by atoms with Crippen LogP contribution in [-0.4, -0.2) is 10.6 Å². The van der Waals surface area contributed by atoms with E-state index in [4.69, 9.17) is 4.84 Å². The molecule has 0 bridgehead atoms. The Balaban J connectivity index is 1.92. The maximum absolute atomic E-state index is 13.3. The van der Waals surface area contributed by atoms with Gasteiger partial charge in [0.05, 0.1) is 0 Å². The van der Waals surface area contributed by atoms with E-state index in [1.54, 1.807) is 12.1 Å². The number of rotatable bonds is 2. The van der Waals surface area contributed by atoms with Gasteiger partial charge in [0, 0.05) is 12.2 Å². The molecule has 0 spiro atoms. The number of hydrogen-bond acceptors (Lipinski definition) is 3. The van der Waals surface area contributed by atoms with Crippen molar-refractivity contribution in [1.82, 2.24) is 0 Å². The highest BCUT2D eigenvalue weighted by Gasteiger charge is 2.28. The highest BCUT2D eigenvalue weighted by Crippen LogP contribution is 2.29. The molecule has 2 nitrogen and oxygen atoms in total. The minimum absolute atomic E-state index is 0.159. The number of thioether (sulfide) groups is 1. The minimum Gasteiger partial charge on any atom is -0.389 e. The molecule has 0 N–H and O–H groups in total. The number of halogens is 1. The van der Waals surface area contributed by atoms with Crippen LogP contribution >= 0.6 is 11.8 Å². The standard InChI is InChI=1S/C12H14FNOS/c1-12(2)7-11(14-15-12)16-8-9-5-3-4-6-10(9)13/h3-6H,7-8H2,1-2H3. The van der Waals surface area contributed by atoms with Crippen LogP contribution < -0.4 is 0 Å². The van der Waals surface area contributed by atoms with Gasteiger partial charge in [-0.15, -0.1) is 11.8 Å². The van der Waals surface area contributed by atoms with Crippen LogP contribution in [0.2, 0.25) is 0 Å². The summed E-state index contributed by atoms with van der Waals surface area (Å²) in [6.45, 7) is 3.99. The lowest BCUT2D eigenvalue weighted by Crippen LogP contribution is -2.18. The molecule has 1 aromatic carbocycles. The zero-order valence-corrected chi connectivity index (χ0v) is 10.2. The SMILES string of the molecule is CC1(C)CC(SCc2ccccc2F)=NO1. The molecule has 0 fully saturated rings. The largest absolute Gasteiger partial charge is 0.389 e. The van der Waals surface area contributed by atoms with E-state index in [0.717, 1.165) is 11.5 Å². The molecular formula is C12H14FNOS. The molecule has 86 valence electrons. The van der Waals surface area contributed by atoms with Gasteiger partial charge in [0.1, 0.15) is 16.5 Å². The molecule has 0 amide bonds. The lowest BCUT2D eigenvalue weighted by Gasteiger charge is -2.13. The van der Waals surface area contributed by atoms with Crippen LogP contribution in [-0.2, 0) is 10.6 Å². The van der Waals surface area contributed by atoms with Gasteiger partial charge in [-0.25, -0.2) is 4.39 Å². The van der Waals surface area contributed by atoms with Crippen molar-refractivity contribution in [2.45, 2.75) is 31.6 Å². The molecule has 0 aromatic heterocycles. The van der Waals surface area contributed by atoms with Crippen LogP contribution in [0.25, 0.3) is 0 Å². The Hall–Kier alpha value is -1.03. The summed E-state index contributed by atoms with van der Waals surface area (Å²) in [7, 11) is 0. The van der Waals surface area contributed by atoms with Gasteiger partial charge in [-0.3, -0.25) is 0 Å². The summed E-state index contributed by atoms with van der Waals surface area (Å²) in [4.78, 5) is 5.24. The number of benzene rings is 1. The van der Waals surface area contributed by atoms with E-state index < -0.39 is 0 Å². The molecule has 0 aliphatic carbocycles. The molecule has 4 heteroatoms. The second-order valence-corrected chi connectivity index (χ2v) is 5.44. The van der Waals surface area contributed by atoms with Gasteiger partial charge in [-0.1, -0.05) is 23.4 Å². The average Bonchev–Trinajstić information content (AvgIpc) is 2.57. The van der Waals surface area contributed by atoms with Crippen molar-refractivity contribution in [2.75, 3.05) is 0 Å². The normalized spacial score (nSPS) is 18.1. The van der Waals surface area contributed by atoms with E-state index in [-0.39, 0.29) is 11.4 Å². The first kappa shape index (κ1) is 11.5. The quantitative estimate of drug-likeness (QED) is 0.787. The van der Waals surface area contributed by atoms with Crippen LogP contribution in [0.3, 0.4) is 0 Å². The molecule has 1 aromatic rings. The van der Waals surface area contributed by atoms with Crippen molar-refractivity contribution in [3.05, 3.63) is 35.6 Å². The molecule has 1 aliphatic rings. The molecule has 16 heavy (non-hydrogen) atoms. The third-order valence-electron chi connectivity index (χ3n) is 2.32. The van der Waals surface area contributed by atoms with Gasteiger partial charge in [0.15, 0.2) is 0 Å². The van der Waals surface area contributed by atoms with Crippen LogP contribution in [0, 0.1) is 5.82 Å². The van der Waals surface area contributed by atoms with E-state index in [1.165, 1.54) is 17.8 Å². The summed E-state index contributed by atoms with van der Waals surface area (Å²) in [5.41, 5.74) is 0.497. The second kappa shape index (κ2) is 4.45. The third kappa shape index (κ3) is 2.76. The number of oxime groups is 1. The predicted octanol–water partition coefficient (Wildman–Crippen LogP) is 3.57. The Morgan fingerprint density at radius 1 is 1.44 bits per heavy atom. The Bertz CT molecular complexity index is 417. The average molecular weight is 239 g/mol. The van der Waals surface area contributed by atoms with Crippen LogP contribution in [0.15, 0.2) is 29.4 Å². The smallest absolute Gasteiger partial charge is 0.138 e. The Labute approximate surface area is 98.9 Å². The van der Waals surface area contributed by atoms with E-state index in [1.807, 2.05) is 19.9 Å². The summed E-state index contributed by atoms with van der Waals surface area (Å²) < 4.78 is 13.3. The van der Waals surface area contributed by atoms with Gasteiger partial charge < -0.3 is 4.84 Å². The van der Waals surface area contributed by atoms with Gasteiger partial charge in [-0.2, -0.15) is 0 Å². The van der Waals surface area contributed by atoms with Crippen molar-refractivity contribution < 1.29 is 9.23 Å². The molecular weight excluding hydrogens is 225 g/mol.